The van der Waals surface area contributed by atoms with E-state index in [0.29, 0.717) is 6.04 Å². The Hall–Kier alpha value is -1.83. The molecule has 2 aromatic heterocycles. The Morgan fingerprint density at radius 1 is 1.38 bits per heavy atom. The third kappa shape index (κ3) is 4.37. The lowest BCUT2D eigenvalue weighted by molar-refractivity contribution is 0.233. The van der Waals surface area contributed by atoms with Crippen LogP contribution in [0.2, 0.25) is 0 Å². The van der Waals surface area contributed by atoms with Crippen LogP contribution in [0.15, 0.2) is 12.4 Å². The first-order valence-corrected chi connectivity index (χ1v) is 9.14. The molecule has 1 N–H and O–H groups in total. The minimum Gasteiger partial charge on any atom is -0.356 e. The molecule has 1 aliphatic rings. The van der Waals surface area contributed by atoms with Crippen molar-refractivity contribution < 1.29 is 0 Å². The summed E-state index contributed by atoms with van der Waals surface area (Å²) in [6.07, 6.45) is 12.8. The highest BCUT2D eigenvalue weighted by molar-refractivity contribution is 7.80. The standard InChI is InChI=1S/C16H25N7S/c1-22-15(19-20-21-22)8-5-9-16(24)23(12-14-17-10-11-18-14)13-6-3-2-4-7-13/h10-11,13H,2-9,12H2,1H3,(H,17,18). The molecule has 0 radical (unpaired) electrons. The van der Waals surface area contributed by atoms with Crippen LogP contribution in [0.4, 0.5) is 0 Å². The molecule has 0 saturated heterocycles. The molecule has 1 aliphatic carbocycles. The number of tetrazole rings is 1. The number of nitrogens with zero attached hydrogens (tertiary/aromatic N) is 6. The molecular weight excluding hydrogens is 322 g/mol. The second-order valence-corrected chi connectivity index (χ2v) is 6.89. The topological polar surface area (TPSA) is 75.5 Å². The highest BCUT2D eigenvalue weighted by Gasteiger charge is 2.23. The van der Waals surface area contributed by atoms with Gasteiger partial charge in [-0.25, -0.2) is 9.67 Å². The highest BCUT2D eigenvalue weighted by Crippen LogP contribution is 2.25. The third-order valence-electron chi connectivity index (χ3n) is 4.71. The average molecular weight is 347 g/mol. The number of rotatable bonds is 7. The van der Waals surface area contributed by atoms with Gasteiger partial charge in [0, 0.05) is 31.9 Å². The molecule has 7 nitrogen and oxygen atoms in total. The van der Waals surface area contributed by atoms with Crippen LogP contribution in [0.5, 0.6) is 0 Å². The molecule has 0 unspecified atom stereocenters. The maximum absolute atomic E-state index is 5.78. The zero-order valence-corrected chi connectivity index (χ0v) is 15.0. The van der Waals surface area contributed by atoms with Crippen LogP contribution in [-0.4, -0.2) is 46.1 Å². The van der Waals surface area contributed by atoms with E-state index in [9.17, 15) is 0 Å². The molecular formula is C16H25N7S. The van der Waals surface area contributed by atoms with E-state index in [1.807, 2.05) is 13.2 Å². The summed E-state index contributed by atoms with van der Waals surface area (Å²) >= 11 is 5.78. The maximum atomic E-state index is 5.78. The average Bonchev–Trinajstić information content (AvgIpc) is 3.25. The quantitative estimate of drug-likeness (QED) is 0.775. The van der Waals surface area contributed by atoms with Gasteiger partial charge in [0.1, 0.15) is 5.82 Å². The molecule has 8 heteroatoms. The van der Waals surface area contributed by atoms with Crippen LogP contribution < -0.4 is 0 Å². The van der Waals surface area contributed by atoms with Crippen molar-refractivity contribution in [3.8, 4) is 0 Å². The molecule has 2 aromatic rings. The third-order valence-corrected chi connectivity index (χ3v) is 5.15. The van der Waals surface area contributed by atoms with Crippen LogP contribution >= 0.6 is 12.2 Å². The number of thiocarbonyl (C=S) groups is 1. The number of hydrogen-bond acceptors (Lipinski definition) is 5. The van der Waals surface area contributed by atoms with Crippen molar-refractivity contribution in [2.24, 2.45) is 7.05 Å². The van der Waals surface area contributed by atoms with Crippen molar-refractivity contribution in [1.82, 2.24) is 35.1 Å². The molecule has 0 atom stereocenters. The number of imidazole rings is 1. The molecule has 3 rings (SSSR count). The van der Waals surface area contributed by atoms with Gasteiger partial charge in [0.05, 0.1) is 11.5 Å². The van der Waals surface area contributed by atoms with Crippen molar-refractivity contribution in [3.63, 3.8) is 0 Å². The van der Waals surface area contributed by atoms with Gasteiger partial charge < -0.3 is 9.88 Å². The Labute approximate surface area is 147 Å². The Morgan fingerprint density at radius 3 is 2.88 bits per heavy atom. The Morgan fingerprint density at radius 2 is 2.21 bits per heavy atom. The van der Waals surface area contributed by atoms with Gasteiger partial charge in [-0.15, -0.1) is 5.10 Å². The molecule has 0 aliphatic heterocycles. The number of aromatic amines is 1. The summed E-state index contributed by atoms with van der Waals surface area (Å²) in [6.45, 7) is 0.780. The summed E-state index contributed by atoms with van der Waals surface area (Å²) in [4.78, 5) is 11.0. The van der Waals surface area contributed by atoms with E-state index in [2.05, 4.69) is 30.4 Å². The summed E-state index contributed by atoms with van der Waals surface area (Å²) in [5.74, 6) is 1.90. The molecule has 2 heterocycles. The lowest BCUT2D eigenvalue weighted by Crippen LogP contribution is -2.40. The summed E-state index contributed by atoms with van der Waals surface area (Å²) in [5.41, 5.74) is 0. The molecule has 130 valence electrons. The zero-order chi connectivity index (χ0) is 16.8. The van der Waals surface area contributed by atoms with Gasteiger partial charge in [-0.1, -0.05) is 31.5 Å². The van der Waals surface area contributed by atoms with E-state index < -0.39 is 0 Å². The van der Waals surface area contributed by atoms with Crippen molar-refractivity contribution in [2.45, 2.75) is 64.0 Å². The first-order chi connectivity index (χ1) is 11.7. The summed E-state index contributed by atoms with van der Waals surface area (Å²) in [5, 5.41) is 11.6. The molecule has 0 bridgehead atoms. The summed E-state index contributed by atoms with van der Waals surface area (Å²) in [6, 6.07) is 0.549. The second-order valence-electron chi connectivity index (χ2n) is 6.42. The van der Waals surface area contributed by atoms with Crippen LogP contribution in [0.3, 0.4) is 0 Å². The van der Waals surface area contributed by atoms with Gasteiger partial charge in [-0.05, 0) is 36.1 Å². The first-order valence-electron chi connectivity index (χ1n) is 8.73. The lowest BCUT2D eigenvalue weighted by atomic mass is 9.94. The molecule has 1 saturated carbocycles. The SMILES string of the molecule is Cn1nnnc1CCCC(=S)N(Cc1ncc[nH]1)C1CCCCC1. The smallest absolute Gasteiger partial charge is 0.150 e. The van der Waals surface area contributed by atoms with E-state index >= 15 is 0 Å². The minimum atomic E-state index is 0.549. The van der Waals surface area contributed by atoms with Crippen molar-refractivity contribution in [2.75, 3.05) is 0 Å². The van der Waals surface area contributed by atoms with E-state index in [4.69, 9.17) is 12.2 Å². The van der Waals surface area contributed by atoms with Crippen LogP contribution in [0.1, 0.15) is 56.6 Å². The minimum absolute atomic E-state index is 0.549. The van der Waals surface area contributed by atoms with Crippen LogP contribution in [0.25, 0.3) is 0 Å². The summed E-state index contributed by atoms with van der Waals surface area (Å²) < 4.78 is 1.73. The fourth-order valence-electron chi connectivity index (χ4n) is 3.36. The molecule has 0 aromatic carbocycles. The Balaban J connectivity index is 1.58. The fraction of sp³-hybridized carbons (Fsp3) is 0.688. The van der Waals surface area contributed by atoms with Gasteiger partial charge in [0.25, 0.3) is 0 Å². The normalized spacial score (nSPS) is 15.5. The number of aromatic nitrogens is 6. The second kappa shape index (κ2) is 8.32. The van der Waals surface area contributed by atoms with Crippen molar-refractivity contribution in [1.29, 1.82) is 0 Å². The van der Waals surface area contributed by atoms with Crippen LogP contribution in [-0.2, 0) is 20.0 Å². The molecule has 1 fully saturated rings. The Kier molecular flexibility index (Phi) is 5.90. The number of aryl methyl sites for hydroxylation is 2. The van der Waals surface area contributed by atoms with Gasteiger partial charge in [-0.2, -0.15) is 0 Å². The number of nitrogens with one attached hydrogen (secondary N) is 1. The van der Waals surface area contributed by atoms with Crippen LogP contribution in [0, 0.1) is 0 Å². The summed E-state index contributed by atoms with van der Waals surface area (Å²) in [7, 11) is 1.87. The predicted octanol–water partition coefficient (Wildman–Crippen LogP) is 2.42. The van der Waals surface area contributed by atoms with E-state index in [1.165, 1.54) is 32.1 Å². The molecule has 0 amide bonds. The Bertz CT molecular complexity index is 631. The fourth-order valence-corrected chi connectivity index (χ4v) is 3.72. The zero-order valence-electron chi connectivity index (χ0n) is 14.2. The lowest BCUT2D eigenvalue weighted by Gasteiger charge is -2.36. The van der Waals surface area contributed by atoms with E-state index in [0.717, 1.165) is 42.4 Å². The molecule has 24 heavy (non-hydrogen) atoms. The number of hydrogen-bond donors (Lipinski definition) is 1. The predicted molar refractivity (Wildman–Crippen MR) is 95.3 cm³/mol. The monoisotopic (exact) mass is 347 g/mol. The van der Waals surface area contributed by atoms with Crippen molar-refractivity contribution in [3.05, 3.63) is 24.0 Å². The van der Waals surface area contributed by atoms with E-state index in [-0.39, 0.29) is 0 Å². The molecule has 0 spiro atoms. The van der Waals surface area contributed by atoms with E-state index in [1.54, 1.807) is 10.9 Å². The van der Waals surface area contributed by atoms with Gasteiger partial charge in [-0.3, -0.25) is 0 Å². The van der Waals surface area contributed by atoms with Gasteiger partial charge in [0.2, 0.25) is 0 Å². The largest absolute Gasteiger partial charge is 0.356 e. The number of H-pyrrole nitrogens is 1. The maximum Gasteiger partial charge on any atom is 0.150 e. The first kappa shape index (κ1) is 17.0. The van der Waals surface area contributed by atoms with Gasteiger partial charge in [0.15, 0.2) is 5.82 Å². The van der Waals surface area contributed by atoms with Crippen molar-refractivity contribution >= 4 is 17.2 Å². The highest BCUT2D eigenvalue weighted by atomic mass is 32.1. The van der Waals surface area contributed by atoms with Gasteiger partial charge >= 0.3 is 0 Å².